The molecule has 54 valence electrons. The predicted molar refractivity (Wildman–Crippen MR) is 40.7 cm³/mol. The van der Waals surface area contributed by atoms with Crippen LogP contribution < -0.4 is 5.73 Å². The molecule has 0 atom stereocenters. The zero-order valence-corrected chi connectivity index (χ0v) is 6.47. The Balaban J connectivity index is 3.34. The van der Waals surface area contributed by atoms with E-state index in [0.717, 1.165) is 16.8 Å². The Kier molecular flexibility index (Phi) is 1.57. The summed E-state index contributed by atoms with van der Waals surface area (Å²) in [5, 5.41) is 7.63. The summed E-state index contributed by atoms with van der Waals surface area (Å²) < 4.78 is 0. The summed E-state index contributed by atoms with van der Waals surface area (Å²) in [4.78, 5) is 0. The lowest BCUT2D eigenvalue weighted by Crippen LogP contribution is -2.01. The Hall–Kier alpha value is -1.12. The Morgan fingerprint density at radius 1 is 1.00 bits per heavy atom. The first-order valence-corrected chi connectivity index (χ1v) is 3.19. The molecule has 0 amide bonds. The molecule has 1 aromatic heterocycles. The number of aromatic nitrogens is 2. The van der Waals surface area contributed by atoms with Crippen LogP contribution in [0.15, 0.2) is 0 Å². The first-order chi connectivity index (χ1) is 4.63. The van der Waals surface area contributed by atoms with Crippen molar-refractivity contribution < 1.29 is 0 Å². The monoisotopic (exact) mass is 137 g/mol. The van der Waals surface area contributed by atoms with E-state index in [1.165, 1.54) is 0 Å². The fourth-order valence-electron chi connectivity index (χ4n) is 0.742. The maximum atomic E-state index is 5.52. The molecule has 1 aromatic rings. The minimum absolute atomic E-state index is 0.531. The van der Waals surface area contributed by atoms with Gasteiger partial charge in [0.1, 0.15) is 5.82 Å². The van der Waals surface area contributed by atoms with E-state index in [1.54, 1.807) is 0 Å². The van der Waals surface area contributed by atoms with E-state index in [-0.39, 0.29) is 0 Å². The van der Waals surface area contributed by atoms with E-state index in [2.05, 4.69) is 10.2 Å². The third-order valence-electron chi connectivity index (χ3n) is 1.80. The quantitative estimate of drug-likeness (QED) is 0.580. The molecular formula is C7H11N3. The minimum Gasteiger partial charge on any atom is -0.382 e. The first-order valence-electron chi connectivity index (χ1n) is 3.19. The van der Waals surface area contributed by atoms with Crippen LogP contribution in [0.1, 0.15) is 16.8 Å². The van der Waals surface area contributed by atoms with Crippen molar-refractivity contribution in [2.45, 2.75) is 20.8 Å². The van der Waals surface area contributed by atoms with Crippen LogP contribution in [0.5, 0.6) is 0 Å². The zero-order valence-electron chi connectivity index (χ0n) is 6.47. The fraction of sp³-hybridized carbons (Fsp3) is 0.429. The highest BCUT2D eigenvalue weighted by atomic mass is 15.1. The van der Waals surface area contributed by atoms with Crippen molar-refractivity contribution in [2.75, 3.05) is 5.73 Å². The van der Waals surface area contributed by atoms with Gasteiger partial charge in [0.25, 0.3) is 0 Å². The highest BCUT2D eigenvalue weighted by Gasteiger charge is 2.01. The molecule has 0 aliphatic carbocycles. The van der Waals surface area contributed by atoms with Gasteiger partial charge in [-0.2, -0.15) is 5.10 Å². The van der Waals surface area contributed by atoms with Gasteiger partial charge >= 0.3 is 0 Å². The van der Waals surface area contributed by atoms with Gasteiger partial charge in [-0.05, 0) is 31.9 Å². The summed E-state index contributed by atoms with van der Waals surface area (Å²) in [6, 6.07) is 0. The van der Waals surface area contributed by atoms with Gasteiger partial charge in [0.05, 0.1) is 5.69 Å². The predicted octanol–water partition coefficient (Wildman–Crippen LogP) is 0.984. The summed E-state index contributed by atoms with van der Waals surface area (Å²) in [6.07, 6.45) is 0. The van der Waals surface area contributed by atoms with Gasteiger partial charge in [0.2, 0.25) is 0 Å². The van der Waals surface area contributed by atoms with Crippen LogP contribution >= 0.6 is 0 Å². The molecule has 0 radical (unpaired) electrons. The summed E-state index contributed by atoms with van der Waals surface area (Å²) in [5.41, 5.74) is 8.63. The van der Waals surface area contributed by atoms with E-state index in [9.17, 15) is 0 Å². The van der Waals surface area contributed by atoms with E-state index < -0.39 is 0 Å². The van der Waals surface area contributed by atoms with Crippen LogP contribution in [0.3, 0.4) is 0 Å². The molecule has 0 bridgehead atoms. The Labute approximate surface area is 60.3 Å². The summed E-state index contributed by atoms with van der Waals surface area (Å²) in [5.74, 6) is 0.531. The number of nitrogens with zero attached hydrogens (tertiary/aromatic N) is 2. The molecule has 10 heavy (non-hydrogen) atoms. The molecule has 0 fully saturated rings. The van der Waals surface area contributed by atoms with E-state index >= 15 is 0 Å². The lowest BCUT2D eigenvalue weighted by molar-refractivity contribution is 0.955. The van der Waals surface area contributed by atoms with E-state index in [4.69, 9.17) is 5.73 Å². The maximum absolute atomic E-state index is 5.52. The largest absolute Gasteiger partial charge is 0.382 e. The molecule has 0 spiro atoms. The van der Waals surface area contributed by atoms with Gasteiger partial charge < -0.3 is 5.73 Å². The minimum atomic E-state index is 0.531. The molecule has 3 heteroatoms. The van der Waals surface area contributed by atoms with Crippen LogP contribution in [0.2, 0.25) is 0 Å². The average molecular weight is 137 g/mol. The SMILES string of the molecule is Cc1nnc(N)c(C)c1C. The van der Waals surface area contributed by atoms with Crippen LogP contribution in [-0.4, -0.2) is 10.2 Å². The second kappa shape index (κ2) is 2.25. The molecular weight excluding hydrogens is 126 g/mol. The molecule has 3 nitrogen and oxygen atoms in total. The van der Waals surface area contributed by atoms with Gasteiger partial charge in [-0.3, -0.25) is 0 Å². The Morgan fingerprint density at radius 2 is 1.60 bits per heavy atom. The fourth-order valence-corrected chi connectivity index (χ4v) is 0.742. The summed E-state index contributed by atoms with van der Waals surface area (Å²) in [7, 11) is 0. The van der Waals surface area contributed by atoms with Crippen molar-refractivity contribution in [1.29, 1.82) is 0 Å². The molecule has 0 unspecified atom stereocenters. The first kappa shape index (κ1) is 6.99. The molecule has 1 heterocycles. The van der Waals surface area contributed by atoms with Crippen molar-refractivity contribution in [3.8, 4) is 0 Å². The maximum Gasteiger partial charge on any atom is 0.149 e. The van der Waals surface area contributed by atoms with Crippen LogP contribution in [0, 0.1) is 20.8 Å². The number of aryl methyl sites for hydroxylation is 1. The number of rotatable bonds is 0. The highest BCUT2D eigenvalue weighted by Crippen LogP contribution is 2.12. The number of nitrogens with two attached hydrogens (primary N) is 1. The summed E-state index contributed by atoms with van der Waals surface area (Å²) >= 11 is 0. The van der Waals surface area contributed by atoms with Crippen molar-refractivity contribution in [2.24, 2.45) is 0 Å². The lowest BCUT2D eigenvalue weighted by Gasteiger charge is -2.03. The number of nitrogen functional groups attached to an aromatic ring is 1. The zero-order chi connectivity index (χ0) is 7.72. The molecule has 1 rings (SSSR count). The van der Waals surface area contributed by atoms with Crippen molar-refractivity contribution in [1.82, 2.24) is 10.2 Å². The van der Waals surface area contributed by atoms with E-state index in [1.807, 2.05) is 20.8 Å². The van der Waals surface area contributed by atoms with Gasteiger partial charge in [-0.25, -0.2) is 0 Å². The van der Waals surface area contributed by atoms with Crippen molar-refractivity contribution in [3.63, 3.8) is 0 Å². The topological polar surface area (TPSA) is 51.8 Å². The molecule has 0 aromatic carbocycles. The molecule has 0 saturated carbocycles. The number of anilines is 1. The molecule has 2 N–H and O–H groups in total. The van der Waals surface area contributed by atoms with Crippen LogP contribution in [-0.2, 0) is 0 Å². The van der Waals surface area contributed by atoms with Crippen LogP contribution in [0.25, 0.3) is 0 Å². The highest BCUT2D eigenvalue weighted by molar-refractivity contribution is 5.42. The third-order valence-corrected chi connectivity index (χ3v) is 1.80. The number of hydrogen-bond donors (Lipinski definition) is 1. The smallest absolute Gasteiger partial charge is 0.149 e. The normalized spacial score (nSPS) is 9.90. The van der Waals surface area contributed by atoms with Gasteiger partial charge in [-0.1, -0.05) is 0 Å². The second-order valence-electron chi connectivity index (χ2n) is 2.42. The van der Waals surface area contributed by atoms with Crippen molar-refractivity contribution in [3.05, 3.63) is 16.8 Å². The van der Waals surface area contributed by atoms with E-state index in [0.29, 0.717) is 5.82 Å². The molecule has 0 saturated heterocycles. The van der Waals surface area contributed by atoms with Crippen molar-refractivity contribution >= 4 is 5.82 Å². The van der Waals surface area contributed by atoms with Gasteiger partial charge in [0.15, 0.2) is 0 Å². The van der Waals surface area contributed by atoms with Gasteiger partial charge in [-0.15, -0.1) is 5.10 Å². The Bertz CT molecular complexity index is 228. The number of hydrogen-bond acceptors (Lipinski definition) is 3. The standard InChI is InChI=1S/C7H11N3/c1-4-5(2)7(8)10-9-6(4)3/h1-3H3,(H2,8,10). The van der Waals surface area contributed by atoms with Gasteiger partial charge in [0, 0.05) is 0 Å². The molecule has 0 aliphatic heterocycles. The third kappa shape index (κ3) is 0.943. The molecule has 0 aliphatic rings. The Morgan fingerprint density at radius 3 is 2.10 bits per heavy atom. The van der Waals surface area contributed by atoms with Crippen LogP contribution in [0.4, 0.5) is 5.82 Å². The second-order valence-corrected chi connectivity index (χ2v) is 2.42. The summed E-state index contributed by atoms with van der Waals surface area (Å²) in [6.45, 7) is 5.87. The lowest BCUT2D eigenvalue weighted by atomic mass is 10.1. The average Bonchev–Trinajstić information content (AvgIpc) is 1.93.